The second kappa shape index (κ2) is 6.90. The third kappa shape index (κ3) is 3.62. The molecule has 0 aliphatic heterocycles. The first-order valence-electron chi connectivity index (χ1n) is 8.77. The summed E-state index contributed by atoms with van der Waals surface area (Å²) in [5, 5.41) is 3.02. The average molecular weight is 353 g/mol. The molecule has 0 aliphatic rings. The number of para-hydroxylation sites is 2. The van der Waals surface area contributed by atoms with E-state index in [9.17, 15) is 9.18 Å². The van der Waals surface area contributed by atoms with E-state index in [2.05, 4.69) is 5.32 Å². The van der Waals surface area contributed by atoms with E-state index < -0.39 is 5.41 Å². The lowest BCUT2D eigenvalue weighted by molar-refractivity contribution is -0.129. The number of hydrogen-bond donors (Lipinski definition) is 1. The molecule has 1 amide bonds. The van der Waals surface area contributed by atoms with E-state index in [1.54, 1.807) is 12.1 Å². The van der Waals surface area contributed by atoms with Gasteiger partial charge in [0, 0.05) is 11.0 Å². The maximum atomic E-state index is 14.2. The highest BCUT2D eigenvalue weighted by Crippen LogP contribution is 2.24. The van der Waals surface area contributed by atoms with E-state index in [1.807, 2.05) is 62.6 Å². The molecular formula is C21H24FN3O. The van der Waals surface area contributed by atoms with Crippen molar-refractivity contribution in [3.05, 3.63) is 65.7 Å². The monoisotopic (exact) mass is 353 g/mol. The Kier molecular flexibility index (Phi) is 4.81. The highest BCUT2D eigenvalue weighted by molar-refractivity contribution is 5.82. The van der Waals surface area contributed by atoms with E-state index in [0.29, 0.717) is 17.9 Å². The van der Waals surface area contributed by atoms with Crippen LogP contribution < -0.4 is 5.32 Å². The molecule has 0 saturated heterocycles. The highest BCUT2D eigenvalue weighted by Gasteiger charge is 2.25. The summed E-state index contributed by atoms with van der Waals surface area (Å²) in [4.78, 5) is 17.1. The summed E-state index contributed by atoms with van der Waals surface area (Å²) in [6, 6.07) is 14.2. The van der Waals surface area contributed by atoms with Crippen LogP contribution >= 0.6 is 0 Å². The maximum absolute atomic E-state index is 14.2. The van der Waals surface area contributed by atoms with Gasteiger partial charge in [-0.05, 0) is 25.1 Å². The zero-order valence-electron chi connectivity index (χ0n) is 15.6. The molecule has 1 N–H and O–H groups in total. The summed E-state index contributed by atoms with van der Waals surface area (Å²) >= 11 is 0. The minimum atomic E-state index is -0.489. The predicted molar refractivity (Wildman–Crippen MR) is 101 cm³/mol. The van der Waals surface area contributed by atoms with Gasteiger partial charge >= 0.3 is 0 Å². The molecule has 3 aromatic rings. The third-order valence-electron chi connectivity index (χ3n) is 4.39. The van der Waals surface area contributed by atoms with Crippen molar-refractivity contribution < 1.29 is 9.18 Å². The van der Waals surface area contributed by atoms with Crippen LogP contribution in [0.3, 0.4) is 0 Å². The largest absolute Gasteiger partial charge is 0.346 e. The van der Waals surface area contributed by atoms with Gasteiger partial charge in [-0.25, -0.2) is 9.37 Å². The topological polar surface area (TPSA) is 46.9 Å². The summed E-state index contributed by atoms with van der Waals surface area (Å²) in [5.74, 6) is 0.421. The average Bonchev–Trinajstić information content (AvgIpc) is 2.95. The van der Waals surface area contributed by atoms with E-state index in [0.717, 1.165) is 11.0 Å². The molecule has 1 atom stereocenters. The summed E-state index contributed by atoms with van der Waals surface area (Å²) in [6.45, 7) is 7.88. The van der Waals surface area contributed by atoms with Crippen LogP contribution in [0.1, 0.15) is 45.1 Å². The van der Waals surface area contributed by atoms with Gasteiger partial charge in [0.2, 0.25) is 5.91 Å². The molecule has 1 heterocycles. The number of imidazole rings is 1. The fourth-order valence-corrected chi connectivity index (χ4v) is 2.87. The van der Waals surface area contributed by atoms with Gasteiger partial charge in [0.15, 0.2) is 0 Å². The second-order valence-electron chi connectivity index (χ2n) is 7.58. The number of fused-ring (bicyclic) bond motifs is 1. The molecule has 1 unspecified atom stereocenters. The van der Waals surface area contributed by atoms with Gasteiger partial charge in [0.1, 0.15) is 11.6 Å². The molecule has 26 heavy (non-hydrogen) atoms. The normalized spacial score (nSPS) is 13.0. The Labute approximate surface area is 153 Å². The molecule has 0 fully saturated rings. The van der Waals surface area contributed by atoms with Crippen LogP contribution in [-0.4, -0.2) is 15.5 Å². The van der Waals surface area contributed by atoms with Crippen LogP contribution in [0.25, 0.3) is 11.0 Å². The Morgan fingerprint density at radius 2 is 1.81 bits per heavy atom. The van der Waals surface area contributed by atoms with Crippen molar-refractivity contribution in [3.63, 3.8) is 0 Å². The van der Waals surface area contributed by atoms with Crippen LogP contribution in [-0.2, 0) is 11.3 Å². The Balaban J connectivity index is 2.02. The van der Waals surface area contributed by atoms with Crippen molar-refractivity contribution in [2.24, 2.45) is 5.41 Å². The van der Waals surface area contributed by atoms with Crippen molar-refractivity contribution in [2.45, 2.75) is 40.3 Å². The second-order valence-corrected chi connectivity index (χ2v) is 7.58. The summed E-state index contributed by atoms with van der Waals surface area (Å²) in [5.41, 5.74) is 1.85. The number of carbonyl (C=O) groups excluding carboxylic acids is 1. The van der Waals surface area contributed by atoms with Gasteiger partial charge in [-0.1, -0.05) is 51.1 Å². The lowest BCUT2D eigenvalue weighted by Gasteiger charge is -2.22. The fraction of sp³-hybridized carbons (Fsp3) is 0.333. The molecule has 4 nitrogen and oxygen atoms in total. The minimum absolute atomic E-state index is 0.0468. The SMILES string of the molecule is CC(NC(=O)C(C)(C)C)c1nc2ccccc2n1Cc1ccccc1F. The Morgan fingerprint density at radius 1 is 1.15 bits per heavy atom. The number of carbonyl (C=O) groups is 1. The zero-order valence-corrected chi connectivity index (χ0v) is 15.6. The zero-order chi connectivity index (χ0) is 18.9. The lowest BCUT2D eigenvalue weighted by atomic mass is 9.95. The first-order valence-corrected chi connectivity index (χ1v) is 8.77. The number of amides is 1. The summed E-state index contributed by atoms with van der Waals surface area (Å²) < 4.78 is 16.2. The molecule has 1 aromatic heterocycles. The summed E-state index contributed by atoms with van der Waals surface area (Å²) in [6.07, 6.45) is 0. The molecule has 0 spiro atoms. The molecule has 3 rings (SSSR count). The number of halogens is 1. The third-order valence-corrected chi connectivity index (χ3v) is 4.39. The molecule has 0 radical (unpaired) electrons. The van der Waals surface area contributed by atoms with E-state index in [-0.39, 0.29) is 17.8 Å². The Bertz CT molecular complexity index is 940. The van der Waals surface area contributed by atoms with Crippen LogP contribution in [0, 0.1) is 11.2 Å². The molecule has 0 saturated carbocycles. The van der Waals surface area contributed by atoms with Crippen LogP contribution in [0.4, 0.5) is 4.39 Å². The van der Waals surface area contributed by atoms with Crippen LogP contribution in [0.5, 0.6) is 0 Å². The number of aromatic nitrogens is 2. The van der Waals surface area contributed by atoms with Crippen molar-refractivity contribution in [3.8, 4) is 0 Å². The smallest absolute Gasteiger partial charge is 0.225 e. The van der Waals surface area contributed by atoms with Crippen molar-refractivity contribution in [2.75, 3.05) is 0 Å². The highest BCUT2D eigenvalue weighted by atomic mass is 19.1. The molecule has 2 aromatic carbocycles. The minimum Gasteiger partial charge on any atom is -0.346 e. The van der Waals surface area contributed by atoms with Gasteiger partial charge in [0.05, 0.1) is 23.6 Å². The van der Waals surface area contributed by atoms with Crippen LogP contribution in [0.2, 0.25) is 0 Å². The quantitative estimate of drug-likeness (QED) is 0.753. The molecule has 5 heteroatoms. The standard InChI is InChI=1S/C21H24FN3O/c1-14(23-20(26)21(2,3)4)19-24-17-11-7-8-12-18(17)25(19)13-15-9-5-6-10-16(15)22/h5-12,14H,13H2,1-4H3,(H,23,26). The van der Waals surface area contributed by atoms with Gasteiger partial charge in [-0.15, -0.1) is 0 Å². The number of nitrogens with one attached hydrogen (secondary N) is 1. The number of benzene rings is 2. The van der Waals surface area contributed by atoms with E-state index in [4.69, 9.17) is 4.98 Å². The maximum Gasteiger partial charge on any atom is 0.225 e. The number of nitrogens with zero attached hydrogens (tertiary/aromatic N) is 2. The van der Waals surface area contributed by atoms with E-state index in [1.165, 1.54) is 6.07 Å². The lowest BCUT2D eigenvalue weighted by Crippen LogP contribution is -2.37. The number of rotatable bonds is 4. The predicted octanol–water partition coefficient (Wildman–Crippen LogP) is 4.45. The van der Waals surface area contributed by atoms with E-state index >= 15 is 0 Å². The number of hydrogen-bond acceptors (Lipinski definition) is 2. The van der Waals surface area contributed by atoms with Crippen LogP contribution in [0.15, 0.2) is 48.5 Å². The fourth-order valence-electron chi connectivity index (χ4n) is 2.87. The van der Waals surface area contributed by atoms with Gasteiger partial charge in [-0.2, -0.15) is 0 Å². The van der Waals surface area contributed by atoms with Crippen molar-refractivity contribution in [1.29, 1.82) is 0 Å². The Morgan fingerprint density at radius 3 is 2.50 bits per heavy atom. The van der Waals surface area contributed by atoms with Gasteiger partial charge < -0.3 is 9.88 Å². The van der Waals surface area contributed by atoms with Gasteiger partial charge in [0.25, 0.3) is 0 Å². The molecule has 0 aliphatic carbocycles. The van der Waals surface area contributed by atoms with Gasteiger partial charge in [-0.3, -0.25) is 4.79 Å². The first kappa shape index (κ1) is 18.1. The molecular weight excluding hydrogens is 329 g/mol. The van der Waals surface area contributed by atoms with Crippen molar-refractivity contribution >= 4 is 16.9 Å². The van der Waals surface area contributed by atoms with Crippen molar-refractivity contribution in [1.82, 2.24) is 14.9 Å². The molecule has 0 bridgehead atoms. The first-order chi connectivity index (χ1) is 12.3. The Hall–Kier alpha value is -2.69. The molecule has 136 valence electrons. The summed E-state index contributed by atoms with van der Waals surface area (Å²) in [7, 11) is 0.